The van der Waals surface area contributed by atoms with Gasteiger partial charge in [-0.2, -0.15) is 0 Å². The van der Waals surface area contributed by atoms with E-state index >= 15 is 0 Å². The van der Waals surface area contributed by atoms with Crippen molar-refractivity contribution in [3.63, 3.8) is 0 Å². The second-order valence-electron chi connectivity index (χ2n) is 9.32. The van der Waals surface area contributed by atoms with Crippen molar-refractivity contribution < 1.29 is 29.4 Å². The van der Waals surface area contributed by atoms with Gasteiger partial charge in [0.05, 0.1) is 65.3 Å². The van der Waals surface area contributed by atoms with Crippen LogP contribution in [0.25, 0.3) is 33.2 Å². The number of pyridine rings is 3. The third-order valence-corrected chi connectivity index (χ3v) is 6.99. The fraction of sp³-hybridized carbons (Fsp3) is 0.207. The van der Waals surface area contributed by atoms with E-state index in [0.717, 1.165) is 23.0 Å². The molecule has 13 heteroatoms. The molecule has 0 saturated heterocycles. The van der Waals surface area contributed by atoms with E-state index in [1.165, 1.54) is 16.2 Å². The number of aldehydes is 2. The smallest absolute Gasteiger partial charge is 0.317 e. The molecule has 0 aliphatic carbocycles. The molecule has 0 aromatic carbocycles. The van der Waals surface area contributed by atoms with Crippen LogP contribution in [0.1, 0.15) is 11.4 Å². The number of carboxylic acids is 2. The SMILES string of the molecule is Nc1ccc(-c2cc(-c3cccc(CN(CC=O)CC=O)n3)nc(-c3cccc(CN(CC(=O)O)CC(=O)O)n3)c2)s1. The molecule has 0 spiro atoms. The summed E-state index contributed by atoms with van der Waals surface area (Å²) in [5, 5.41) is 19.0. The van der Waals surface area contributed by atoms with Gasteiger partial charge in [0.2, 0.25) is 0 Å². The Morgan fingerprint density at radius 3 is 1.71 bits per heavy atom. The molecule has 4 rings (SSSR count). The van der Waals surface area contributed by atoms with Crippen LogP contribution in [-0.2, 0) is 32.3 Å². The fourth-order valence-corrected chi connectivity index (χ4v) is 5.05. The third-order valence-electron chi connectivity index (χ3n) is 6.03. The molecule has 0 amide bonds. The van der Waals surface area contributed by atoms with Gasteiger partial charge in [0.1, 0.15) is 12.6 Å². The molecule has 4 aromatic heterocycles. The lowest BCUT2D eigenvalue weighted by atomic mass is 10.1. The van der Waals surface area contributed by atoms with Crippen LogP contribution in [-0.4, -0.2) is 85.7 Å². The van der Waals surface area contributed by atoms with Crippen LogP contribution in [0.3, 0.4) is 0 Å². The van der Waals surface area contributed by atoms with Gasteiger partial charge >= 0.3 is 11.9 Å². The van der Waals surface area contributed by atoms with E-state index in [0.29, 0.717) is 45.7 Å². The molecular weight excluding hydrogens is 560 g/mol. The number of carbonyl (C=O) groups excluding carboxylic acids is 2. The Labute approximate surface area is 245 Å². The standard InChI is InChI=1S/C29H28N6O6S/c30-27-8-7-26(42-27)19-13-24(22-5-1-3-20(31-22)15-34(9-11-36)10-12-37)33-25(14-19)23-6-2-4-21(32-23)16-35(17-28(38)39)18-29(40)41/h1-8,11-14H,9-10,15-18,30H2,(H,38,39)(H,40,41). The molecule has 42 heavy (non-hydrogen) atoms. The Kier molecular flexibility index (Phi) is 10.2. The van der Waals surface area contributed by atoms with Crippen molar-refractivity contribution in [1.82, 2.24) is 24.8 Å². The average Bonchev–Trinajstić information content (AvgIpc) is 3.39. The van der Waals surface area contributed by atoms with Gasteiger partial charge < -0.3 is 25.5 Å². The van der Waals surface area contributed by atoms with Gasteiger partial charge in [-0.25, -0.2) is 15.0 Å². The number of aliphatic carboxylic acids is 2. The Morgan fingerprint density at radius 2 is 1.26 bits per heavy atom. The van der Waals surface area contributed by atoms with E-state index in [4.69, 9.17) is 15.7 Å². The number of nitrogens with zero attached hydrogens (tertiary/aromatic N) is 5. The molecule has 0 aliphatic heterocycles. The number of nitrogens with two attached hydrogens (primary N) is 1. The lowest BCUT2D eigenvalue weighted by Crippen LogP contribution is -2.34. The molecule has 0 unspecified atom stereocenters. The normalized spacial score (nSPS) is 11.1. The van der Waals surface area contributed by atoms with Crippen LogP contribution in [0.15, 0.2) is 60.7 Å². The molecule has 12 nitrogen and oxygen atoms in total. The zero-order valence-corrected chi connectivity index (χ0v) is 23.2. The summed E-state index contributed by atoms with van der Waals surface area (Å²) in [5.41, 5.74) is 10.1. The molecule has 0 aliphatic rings. The number of thiophene rings is 1. The largest absolute Gasteiger partial charge is 0.480 e. The molecule has 4 N–H and O–H groups in total. The minimum absolute atomic E-state index is 0.0160. The summed E-state index contributed by atoms with van der Waals surface area (Å²) in [5.74, 6) is -2.28. The molecule has 0 bridgehead atoms. The summed E-state index contributed by atoms with van der Waals surface area (Å²) in [7, 11) is 0. The molecule has 4 aromatic rings. The van der Waals surface area contributed by atoms with Crippen LogP contribution >= 0.6 is 11.3 Å². The number of hydrogen-bond acceptors (Lipinski definition) is 11. The molecule has 0 radical (unpaired) electrons. The second kappa shape index (κ2) is 14.2. The maximum absolute atomic E-state index is 11.3. The summed E-state index contributed by atoms with van der Waals surface area (Å²) in [6, 6.07) is 18.1. The first-order valence-corrected chi connectivity index (χ1v) is 13.6. The number of aromatic nitrogens is 3. The van der Waals surface area contributed by atoms with Gasteiger partial charge in [-0.3, -0.25) is 19.4 Å². The number of hydrogen-bond donors (Lipinski definition) is 3. The maximum atomic E-state index is 11.3. The van der Waals surface area contributed by atoms with E-state index in [1.807, 2.05) is 42.5 Å². The minimum atomic E-state index is -1.14. The molecular formula is C29H28N6O6S. The summed E-state index contributed by atoms with van der Waals surface area (Å²) < 4.78 is 0. The summed E-state index contributed by atoms with van der Waals surface area (Å²) in [6.45, 7) is -0.389. The van der Waals surface area contributed by atoms with Crippen molar-refractivity contribution >= 4 is 40.8 Å². The lowest BCUT2D eigenvalue weighted by Gasteiger charge is -2.18. The summed E-state index contributed by atoms with van der Waals surface area (Å²) in [6.07, 6.45) is 1.47. The number of carboxylic acid groups (broad SMARTS) is 2. The Morgan fingerprint density at radius 1 is 0.738 bits per heavy atom. The number of rotatable bonds is 15. The highest BCUT2D eigenvalue weighted by Crippen LogP contribution is 2.34. The van der Waals surface area contributed by atoms with Crippen molar-refractivity contribution in [2.24, 2.45) is 0 Å². The topological polar surface area (TPSA) is 180 Å². The van der Waals surface area contributed by atoms with E-state index < -0.39 is 25.0 Å². The van der Waals surface area contributed by atoms with Crippen LogP contribution in [0.2, 0.25) is 0 Å². The first-order chi connectivity index (χ1) is 20.2. The van der Waals surface area contributed by atoms with Crippen LogP contribution in [0, 0.1) is 0 Å². The molecule has 0 atom stereocenters. The first-order valence-electron chi connectivity index (χ1n) is 12.8. The third kappa shape index (κ3) is 8.33. The van der Waals surface area contributed by atoms with E-state index in [-0.39, 0.29) is 19.6 Å². The highest BCUT2D eigenvalue weighted by molar-refractivity contribution is 7.19. The van der Waals surface area contributed by atoms with Crippen molar-refractivity contribution in [1.29, 1.82) is 0 Å². The van der Waals surface area contributed by atoms with Gasteiger partial charge in [0.25, 0.3) is 0 Å². The van der Waals surface area contributed by atoms with Crippen LogP contribution < -0.4 is 5.73 Å². The molecule has 0 fully saturated rings. The Hall–Kier alpha value is -4.85. The highest BCUT2D eigenvalue weighted by atomic mass is 32.1. The monoisotopic (exact) mass is 588 g/mol. The van der Waals surface area contributed by atoms with E-state index in [1.54, 1.807) is 23.1 Å². The van der Waals surface area contributed by atoms with Crippen molar-refractivity contribution in [2.75, 3.05) is 31.9 Å². The minimum Gasteiger partial charge on any atom is -0.480 e. The Bertz CT molecular complexity index is 1570. The van der Waals surface area contributed by atoms with Gasteiger partial charge in [-0.15, -0.1) is 11.3 Å². The van der Waals surface area contributed by atoms with Gasteiger partial charge in [-0.1, -0.05) is 12.1 Å². The molecule has 4 heterocycles. The quantitative estimate of drug-likeness (QED) is 0.173. The Balaban J connectivity index is 1.73. The predicted molar refractivity (Wildman–Crippen MR) is 156 cm³/mol. The highest BCUT2D eigenvalue weighted by Gasteiger charge is 2.17. The summed E-state index contributed by atoms with van der Waals surface area (Å²) in [4.78, 5) is 62.7. The lowest BCUT2D eigenvalue weighted by molar-refractivity contribution is -0.142. The van der Waals surface area contributed by atoms with Gasteiger partial charge in [-0.05, 0) is 54.1 Å². The molecule has 216 valence electrons. The molecule has 0 saturated carbocycles. The number of nitrogen functional groups attached to an aromatic ring is 1. The number of carbonyl (C=O) groups is 4. The van der Waals surface area contributed by atoms with Crippen LogP contribution in [0.5, 0.6) is 0 Å². The average molecular weight is 589 g/mol. The predicted octanol–water partition coefficient (Wildman–Crippen LogP) is 2.69. The van der Waals surface area contributed by atoms with Crippen molar-refractivity contribution in [3.05, 3.63) is 72.1 Å². The first kappa shape index (κ1) is 30.1. The fourth-order valence-electron chi connectivity index (χ4n) is 4.29. The van der Waals surface area contributed by atoms with E-state index in [9.17, 15) is 29.4 Å². The van der Waals surface area contributed by atoms with Crippen molar-refractivity contribution in [3.8, 4) is 33.2 Å². The zero-order valence-electron chi connectivity index (χ0n) is 22.4. The maximum Gasteiger partial charge on any atom is 0.317 e. The zero-order chi connectivity index (χ0) is 30.1. The van der Waals surface area contributed by atoms with Crippen molar-refractivity contribution in [2.45, 2.75) is 13.1 Å². The number of anilines is 1. The second-order valence-corrected chi connectivity index (χ2v) is 10.4. The van der Waals surface area contributed by atoms with Crippen LogP contribution in [0.4, 0.5) is 5.00 Å². The van der Waals surface area contributed by atoms with Gasteiger partial charge in [0.15, 0.2) is 0 Å². The van der Waals surface area contributed by atoms with E-state index in [2.05, 4.69) is 4.98 Å². The van der Waals surface area contributed by atoms with Gasteiger partial charge in [0, 0.05) is 18.0 Å². The summed E-state index contributed by atoms with van der Waals surface area (Å²) >= 11 is 1.41.